The molecule has 1 N–H and O–H groups in total. The number of nitrogens with zero attached hydrogens (tertiary/aromatic N) is 2. The zero-order valence-electron chi connectivity index (χ0n) is 23.9. The Labute approximate surface area is 246 Å². The van der Waals surface area contributed by atoms with Crippen LogP contribution in [-0.2, 0) is 26.2 Å². The van der Waals surface area contributed by atoms with Crippen molar-refractivity contribution in [3.05, 3.63) is 93.5 Å². The lowest BCUT2D eigenvalue weighted by molar-refractivity contribution is -0.139. The number of rotatable bonds is 11. The second-order valence-electron chi connectivity index (χ2n) is 10.5. The van der Waals surface area contributed by atoms with Gasteiger partial charge in [0, 0.05) is 17.6 Å². The van der Waals surface area contributed by atoms with Gasteiger partial charge in [-0.3, -0.25) is 13.9 Å². The van der Waals surface area contributed by atoms with Crippen molar-refractivity contribution in [2.75, 3.05) is 17.4 Å². The molecule has 3 aromatic carbocycles. The van der Waals surface area contributed by atoms with Crippen LogP contribution in [0.4, 0.5) is 5.69 Å². The lowest BCUT2D eigenvalue weighted by Gasteiger charge is -2.32. The molecule has 0 radical (unpaired) electrons. The first-order valence-corrected chi connectivity index (χ1v) is 15.5. The van der Waals surface area contributed by atoms with Gasteiger partial charge in [0.05, 0.1) is 10.6 Å². The van der Waals surface area contributed by atoms with Gasteiger partial charge in [0.15, 0.2) is 0 Å². The van der Waals surface area contributed by atoms with Crippen LogP contribution in [0.1, 0.15) is 43.0 Å². The summed E-state index contributed by atoms with van der Waals surface area (Å²) in [6.07, 6.45) is 0. The number of aryl methyl sites for hydroxylation is 2. The Morgan fingerprint density at radius 2 is 1.52 bits per heavy atom. The van der Waals surface area contributed by atoms with Crippen molar-refractivity contribution in [3.63, 3.8) is 0 Å². The highest BCUT2D eigenvalue weighted by Gasteiger charge is 2.33. The van der Waals surface area contributed by atoms with E-state index in [0.717, 1.165) is 31.0 Å². The molecule has 0 heterocycles. The second-order valence-corrected chi connectivity index (χ2v) is 13.3. The number of carbonyl (C=O) groups is 2. The summed E-state index contributed by atoms with van der Waals surface area (Å²) in [7, 11) is -4.11. The summed E-state index contributed by atoms with van der Waals surface area (Å²) in [4.78, 5) is 28.7. The number of sulfonamides is 1. The van der Waals surface area contributed by atoms with Crippen molar-refractivity contribution < 1.29 is 18.0 Å². The average molecular weight is 629 g/mol. The van der Waals surface area contributed by atoms with Crippen LogP contribution in [0.2, 0.25) is 0 Å². The molecule has 9 heteroatoms. The van der Waals surface area contributed by atoms with E-state index in [-0.39, 0.29) is 23.3 Å². The summed E-state index contributed by atoms with van der Waals surface area (Å²) < 4.78 is 30.1. The number of benzene rings is 3. The van der Waals surface area contributed by atoms with Gasteiger partial charge in [-0.15, -0.1) is 0 Å². The molecule has 3 rings (SSSR count). The number of hydrogen-bond donors (Lipinski definition) is 1. The normalized spacial score (nSPS) is 12.2. The van der Waals surface area contributed by atoms with Crippen LogP contribution in [0.15, 0.2) is 76.1 Å². The van der Waals surface area contributed by atoms with Gasteiger partial charge in [-0.25, -0.2) is 8.42 Å². The van der Waals surface area contributed by atoms with Crippen LogP contribution >= 0.6 is 15.9 Å². The Bertz CT molecular complexity index is 1440. The summed E-state index contributed by atoms with van der Waals surface area (Å²) in [6, 6.07) is 18.6. The molecule has 0 bridgehead atoms. The molecule has 2 amide bonds. The monoisotopic (exact) mass is 627 g/mol. The van der Waals surface area contributed by atoms with Gasteiger partial charge in [0.25, 0.3) is 10.0 Å². The Balaban J connectivity index is 2.05. The highest BCUT2D eigenvalue weighted by atomic mass is 79.9. The van der Waals surface area contributed by atoms with Crippen molar-refractivity contribution in [2.45, 2.75) is 59.0 Å². The lowest BCUT2D eigenvalue weighted by Crippen LogP contribution is -2.51. The Morgan fingerprint density at radius 1 is 0.900 bits per heavy atom. The van der Waals surface area contributed by atoms with E-state index in [1.807, 2.05) is 65.0 Å². The van der Waals surface area contributed by atoms with E-state index in [9.17, 15) is 18.0 Å². The molecule has 0 aromatic heterocycles. The SMILES string of the molecule is Cc1ccc(S(=O)(=O)N(CC(=O)N(Cc2ccc(Br)cc2)[C@@H](C)C(=O)NCC(C)C)c2cccc(C)c2C)cc1. The molecular weight excluding hydrogens is 590 g/mol. The molecule has 40 heavy (non-hydrogen) atoms. The molecule has 0 spiro atoms. The standard InChI is InChI=1S/C31H38BrN3O4S/c1-21(2)18-33-31(37)25(6)34(19-26-12-14-27(32)15-13-26)30(36)20-35(29-9-7-8-23(4)24(29)5)40(38,39)28-16-10-22(3)11-17-28/h7-17,21,25H,18-20H2,1-6H3,(H,33,37)/t25-/m0/s1. The molecule has 0 saturated carbocycles. The molecule has 7 nitrogen and oxygen atoms in total. The molecule has 0 aliphatic heterocycles. The molecule has 214 valence electrons. The van der Waals surface area contributed by atoms with Gasteiger partial charge >= 0.3 is 0 Å². The van der Waals surface area contributed by atoms with Crippen LogP contribution < -0.4 is 9.62 Å². The number of carbonyl (C=O) groups excluding carboxylic acids is 2. The number of hydrogen-bond acceptors (Lipinski definition) is 4. The predicted molar refractivity (Wildman–Crippen MR) is 164 cm³/mol. The maximum absolute atomic E-state index is 14.0. The third-order valence-corrected chi connectivity index (χ3v) is 9.15. The van der Waals surface area contributed by atoms with Crippen LogP contribution in [0, 0.1) is 26.7 Å². The largest absolute Gasteiger partial charge is 0.354 e. The minimum atomic E-state index is -4.11. The Kier molecular flexibility index (Phi) is 10.6. The van der Waals surface area contributed by atoms with Crippen LogP contribution in [0.5, 0.6) is 0 Å². The second kappa shape index (κ2) is 13.5. The fraction of sp³-hybridized carbons (Fsp3) is 0.355. The highest BCUT2D eigenvalue weighted by molar-refractivity contribution is 9.10. The topological polar surface area (TPSA) is 86.8 Å². The fourth-order valence-electron chi connectivity index (χ4n) is 4.18. The van der Waals surface area contributed by atoms with Crippen LogP contribution in [0.3, 0.4) is 0 Å². The molecule has 0 aliphatic carbocycles. The Hall–Kier alpha value is -3.17. The van der Waals surface area contributed by atoms with E-state index in [0.29, 0.717) is 12.2 Å². The summed E-state index contributed by atoms with van der Waals surface area (Å²) >= 11 is 3.43. The van der Waals surface area contributed by atoms with Gasteiger partial charge in [0.1, 0.15) is 12.6 Å². The smallest absolute Gasteiger partial charge is 0.264 e. The minimum absolute atomic E-state index is 0.0917. The molecule has 0 aliphatic rings. The van der Waals surface area contributed by atoms with Crippen LogP contribution in [0.25, 0.3) is 0 Å². The van der Waals surface area contributed by atoms with Gasteiger partial charge in [-0.1, -0.05) is 71.7 Å². The number of nitrogens with one attached hydrogen (secondary N) is 1. The third kappa shape index (κ3) is 7.73. The van der Waals surface area contributed by atoms with Crippen molar-refractivity contribution in [1.82, 2.24) is 10.2 Å². The predicted octanol–water partition coefficient (Wildman–Crippen LogP) is 5.76. The van der Waals surface area contributed by atoms with E-state index in [1.165, 1.54) is 4.90 Å². The molecule has 0 saturated heterocycles. The van der Waals surface area contributed by atoms with Gasteiger partial charge in [0.2, 0.25) is 11.8 Å². The van der Waals surface area contributed by atoms with Gasteiger partial charge in [-0.2, -0.15) is 0 Å². The van der Waals surface area contributed by atoms with E-state index in [1.54, 1.807) is 43.3 Å². The Morgan fingerprint density at radius 3 is 2.12 bits per heavy atom. The average Bonchev–Trinajstić information content (AvgIpc) is 2.91. The molecular formula is C31H38BrN3O4S. The number of amides is 2. The van der Waals surface area contributed by atoms with Gasteiger partial charge < -0.3 is 10.2 Å². The lowest BCUT2D eigenvalue weighted by atomic mass is 10.1. The maximum atomic E-state index is 14.0. The van der Waals surface area contributed by atoms with Crippen molar-refractivity contribution >= 4 is 43.5 Å². The summed E-state index contributed by atoms with van der Waals surface area (Å²) in [5.74, 6) is -0.531. The van der Waals surface area contributed by atoms with Crippen molar-refractivity contribution in [3.8, 4) is 0 Å². The first kappa shape index (κ1) is 31.4. The van der Waals surface area contributed by atoms with Crippen LogP contribution in [-0.4, -0.2) is 44.3 Å². The molecule has 1 atom stereocenters. The summed E-state index contributed by atoms with van der Waals surface area (Å²) in [5, 5.41) is 2.90. The first-order valence-electron chi connectivity index (χ1n) is 13.3. The first-order chi connectivity index (χ1) is 18.8. The van der Waals surface area contributed by atoms with Crippen molar-refractivity contribution in [1.29, 1.82) is 0 Å². The summed E-state index contributed by atoms with van der Waals surface area (Å²) in [6.45, 7) is 11.4. The van der Waals surface area contributed by atoms with E-state index < -0.39 is 28.5 Å². The quantitative estimate of drug-likeness (QED) is 0.293. The fourth-order valence-corrected chi connectivity index (χ4v) is 5.91. The highest BCUT2D eigenvalue weighted by Crippen LogP contribution is 2.29. The van der Waals surface area contributed by atoms with Crippen molar-refractivity contribution in [2.24, 2.45) is 5.92 Å². The summed E-state index contributed by atoms with van der Waals surface area (Å²) in [5.41, 5.74) is 3.83. The number of anilines is 1. The molecule has 0 unspecified atom stereocenters. The third-order valence-electron chi connectivity index (χ3n) is 6.85. The number of halogens is 1. The van der Waals surface area contributed by atoms with E-state index in [4.69, 9.17) is 0 Å². The minimum Gasteiger partial charge on any atom is -0.354 e. The zero-order chi connectivity index (χ0) is 29.6. The molecule has 0 fully saturated rings. The van der Waals surface area contributed by atoms with Gasteiger partial charge in [-0.05, 0) is 80.6 Å². The molecule has 3 aromatic rings. The van der Waals surface area contributed by atoms with E-state index >= 15 is 0 Å². The van der Waals surface area contributed by atoms with E-state index in [2.05, 4.69) is 21.2 Å². The maximum Gasteiger partial charge on any atom is 0.264 e. The zero-order valence-corrected chi connectivity index (χ0v) is 26.3.